The highest BCUT2D eigenvalue weighted by molar-refractivity contribution is 9.10. The molecular weight excluding hydrogens is 345 g/mol. The van der Waals surface area contributed by atoms with E-state index in [1.54, 1.807) is 18.2 Å². The average Bonchev–Trinajstić information content (AvgIpc) is 2.46. The summed E-state index contributed by atoms with van der Waals surface area (Å²) in [4.78, 5) is 10.3. The van der Waals surface area contributed by atoms with Crippen LogP contribution in [-0.4, -0.2) is 10.0 Å². The Labute approximate surface area is 128 Å². The fourth-order valence-electron chi connectivity index (χ4n) is 1.77. The number of hydrogen-bond acceptors (Lipinski definition) is 4. The van der Waals surface area contributed by atoms with Crippen molar-refractivity contribution in [2.75, 3.05) is 0 Å². The van der Waals surface area contributed by atoms with E-state index in [4.69, 9.17) is 9.84 Å². The number of aliphatic hydroxyl groups excluding tert-OH is 1. The van der Waals surface area contributed by atoms with Crippen molar-refractivity contribution in [1.29, 1.82) is 0 Å². The third-order valence-electron chi connectivity index (χ3n) is 2.82. The number of ether oxygens (including phenoxy) is 1. The van der Waals surface area contributed by atoms with E-state index in [1.165, 1.54) is 0 Å². The molecule has 0 unspecified atom stereocenters. The number of rotatable bonds is 5. The van der Waals surface area contributed by atoms with Gasteiger partial charge in [0.1, 0.15) is 18.2 Å². The maximum atomic E-state index is 13.2. The summed E-state index contributed by atoms with van der Waals surface area (Å²) in [5.74, 6) is -0.133. The van der Waals surface area contributed by atoms with E-state index in [1.807, 2.05) is 0 Å². The zero-order valence-electron chi connectivity index (χ0n) is 10.8. The summed E-state index contributed by atoms with van der Waals surface area (Å²) in [7, 11) is 0. The molecule has 5 nitrogen and oxygen atoms in total. The minimum absolute atomic E-state index is 0.138. The van der Waals surface area contributed by atoms with E-state index < -0.39 is 10.7 Å². The topological polar surface area (TPSA) is 72.6 Å². The molecule has 110 valence electrons. The van der Waals surface area contributed by atoms with Crippen LogP contribution < -0.4 is 4.74 Å². The summed E-state index contributed by atoms with van der Waals surface area (Å²) in [6.07, 6.45) is 0. The third kappa shape index (κ3) is 3.77. The normalized spacial score (nSPS) is 10.4. The monoisotopic (exact) mass is 355 g/mol. The quantitative estimate of drug-likeness (QED) is 0.657. The van der Waals surface area contributed by atoms with Crippen LogP contribution in [0, 0.1) is 15.9 Å². The third-order valence-corrected chi connectivity index (χ3v) is 3.59. The highest BCUT2D eigenvalue weighted by atomic mass is 79.9. The molecule has 0 fully saturated rings. The van der Waals surface area contributed by atoms with Crippen molar-refractivity contribution >= 4 is 21.6 Å². The van der Waals surface area contributed by atoms with Crippen molar-refractivity contribution < 1.29 is 19.2 Å². The highest BCUT2D eigenvalue weighted by Gasteiger charge is 2.15. The minimum atomic E-state index is -0.584. The van der Waals surface area contributed by atoms with Crippen LogP contribution in [0.2, 0.25) is 0 Å². The van der Waals surface area contributed by atoms with Crippen LogP contribution >= 0.6 is 15.9 Å². The van der Waals surface area contributed by atoms with Gasteiger partial charge in [0.15, 0.2) is 0 Å². The van der Waals surface area contributed by atoms with Crippen molar-refractivity contribution in [3.63, 3.8) is 0 Å². The Morgan fingerprint density at radius 2 is 2.00 bits per heavy atom. The number of hydrogen-bond donors (Lipinski definition) is 1. The summed E-state index contributed by atoms with van der Waals surface area (Å²) >= 11 is 3.27. The van der Waals surface area contributed by atoms with Crippen LogP contribution in [-0.2, 0) is 13.2 Å². The number of nitrogens with zero attached hydrogens (tertiary/aromatic N) is 1. The molecule has 0 aliphatic carbocycles. The molecule has 0 atom stereocenters. The second kappa shape index (κ2) is 6.64. The number of benzene rings is 2. The van der Waals surface area contributed by atoms with Crippen LogP contribution in [0.1, 0.15) is 11.1 Å². The Morgan fingerprint density at radius 1 is 1.24 bits per heavy atom. The second-order valence-corrected chi connectivity index (χ2v) is 5.08. The van der Waals surface area contributed by atoms with Gasteiger partial charge in [-0.15, -0.1) is 0 Å². The Bertz CT molecular complexity index is 678. The van der Waals surface area contributed by atoms with Gasteiger partial charge >= 0.3 is 0 Å². The lowest BCUT2D eigenvalue weighted by atomic mass is 10.2. The summed E-state index contributed by atoms with van der Waals surface area (Å²) < 4.78 is 19.4. The van der Waals surface area contributed by atoms with E-state index in [0.29, 0.717) is 11.3 Å². The van der Waals surface area contributed by atoms with Gasteiger partial charge in [-0.3, -0.25) is 10.1 Å². The van der Waals surface area contributed by atoms with Crippen molar-refractivity contribution in [2.24, 2.45) is 0 Å². The molecule has 0 saturated heterocycles. The molecule has 2 aromatic carbocycles. The molecule has 2 rings (SSSR count). The van der Waals surface area contributed by atoms with Gasteiger partial charge in [-0.25, -0.2) is 4.39 Å². The molecule has 0 aliphatic rings. The molecule has 0 aromatic heterocycles. The molecule has 0 spiro atoms. The van der Waals surface area contributed by atoms with E-state index in [2.05, 4.69) is 15.9 Å². The van der Waals surface area contributed by atoms with Crippen LogP contribution in [0.4, 0.5) is 10.1 Å². The van der Waals surface area contributed by atoms with Gasteiger partial charge in [-0.2, -0.15) is 0 Å². The van der Waals surface area contributed by atoms with Gasteiger partial charge < -0.3 is 9.84 Å². The predicted octanol–water partition coefficient (Wildman–Crippen LogP) is 3.57. The Hall–Kier alpha value is -1.99. The fraction of sp³-hybridized carbons (Fsp3) is 0.143. The molecule has 0 radical (unpaired) electrons. The van der Waals surface area contributed by atoms with Crippen LogP contribution in [0.5, 0.6) is 5.75 Å². The smallest absolute Gasteiger partial charge is 0.276 e. The van der Waals surface area contributed by atoms with Gasteiger partial charge in [0, 0.05) is 10.5 Å². The number of nitro benzene ring substituents is 1. The van der Waals surface area contributed by atoms with Crippen molar-refractivity contribution in [3.05, 3.63) is 67.9 Å². The molecule has 2 aromatic rings. The summed E-state index contributed by atoms with van der Waals surface area (Å²) in [5, 5.41) is 20.0. The predicted molar refractivity (Wildman–Crippen MR) is 77.5 cm³/mol. The fourth-order valence-corrected chi connectivity index (χ4v) is 2.14. The van der Waals surface area contributed by atoms with Crippen molar-refractivity contribution in [1.82, 2.24) is 0 Å². The first-order valence-electron chi connectivity index (χ1n) is 5.96. The first-order valence-corrected chi connectivity index (χ1v) is 6.75. The Kier molecular flexibility index (Phi) is 4.87. The lowest BCUT2D eigenvalue weighted by Gasteiger charge is -2.09. The molecule has 0 saturated carbocycles. The SMILES string of the molecule is O=[N+]([O-])c1ccc(F)cc1COc1ccc(Br)c(CO)c1. The van der Waals surface area contributed by atoms with Gasteiger partial charge in [0.25, 0.3) is 5.69 Å². The summed E-state index contributed by atoms with van der Waals surface area (Å²) in [5.41, 5.74) is 0.575. The molecule has 1 N–H and O–H groups in total. The molecule has 21 heavy (non-hydrogen) atoms. The van der Waals surface area contributed by atoms with E-state index in [0.717, 1.165) is 22.7 Å². The number of halogens is 2. The van der Waals surface area contributed by atoms with Crippen LogP contribution in [0.3, 0.4) is 0 Å². The standard InChI is InChI=1S/C14H11BrFNO4/c15-13-3-2-12(6-9(13)7-18)21-8-10-5-11(16)1-4-14(10)17(19)20/h1-6,18H,7-8H2. The van der Waals surface area contributed by atoms with Gasteiger partial charge in [0.05, 0.1) is 17.1 Å². The van der Waals surface area contributed by atoms with E-state index in [-0.39, 0.29) is 24.5 Å². The minimum Gasteiger partial charge on any atom is -0.489 e. The largest absolute Gasteiger partial charge is 0.489 e. The molecule has 0 bridgehead atoms. The first-order chi connectivity index (χ1) is 10.0. The molecule has 7 heteroatoms. The van der Waals surface area contributed by atoms with E-state index >= 15 is 0 Å². The number of aliphatic hydroxyl groups is 1. The zero-order chi connectivity index (χ0) is 15.4. The van der Waals surface area contributed by atoms with Crippen LogP contribution in [0.15, 0.2) is 40.9 Å². The summed E-state index contributed by atoms with van der Waals surface area (Å²) in [6, 6.07) is 8.16. The molecule has 0 amide bonds. The molecule has 0 aliphatic heterocycles. The van der Waals surface area contributed by atoms with Crippen molar-refractivity contribution in [3.8, 4) is 5.75 Å². The lowest BCUT2D eigenvalue weighted by Crippen LogP contribution is -2.02. The van der Waals surface area contributed by atoms with E-state index in [9.17, 15) is 14.5 Å². The Balaban J connectivity index is 2.20. The maximum Gasteiger partial charge on any atom is 0.276 e. The van der Waals surface area contributed by atoms with Gasteiger partial charge in [-0.05, 0) is 35.9 Å². The lowest BCUT2D eigenvalue weighted by molar-refractivity contribution is -0.385. The number of nitro groups is 1. The molecule has 0 heterocycles. The maximum absolute atomic E-state index is 13.2. The molecular formula is C14H11BrFNO4. The Morgan fingerprint density at radius 3 is 2.67 bits per heavy atom. The average molecular weight is 356 g/mol. The zero-order valence-corrected chi connectivity index (χ0v) is 12.3. The van der Waals surface area contributed by atoms with Crippen LogP contribution in [0.25, 0.3) is 0 Å². The van der Waals surface area contributed by atoms with Crippen molar-refractivity contribution in [2.45, 2.75) is 13.2 Å². The highest BCUT2D eigenvalue weighted by Crippen LogP contribution is 2.25. The summed E-state index contributed by atoms with van der Waals surface area (Å²) in [6.45, 7) is -0.307. The van der Waals surface area contributed by atoms with Gasteiger partial charge in [0.2, 0.25) is 0 Å². The van der Waals surface area contributed by atoms with Gasteiger partial charge in [-0.1, -0.05) is 15.9 Å². The second-order valence-electron chi connectivity index (χ2n) is 4.23. The first kappa shape index (κ1) is 15.4.